The van der Waals surface area contributed by atoms with E-state index in [1.807, 2.05) is 12.1 Å². The number of unbranched alkanes of at least 4 members (excludes halogenated alkanes) is 1. The van der Waals surface area contributed by atoms with Crippen LogP contribution in [0.5, 0.6) is 23.0 Å². The SMILES string of the molecule is CCCCOc1ccc2c(c1)CCN(c1ccccc1)C2c1ccc(OCCN2CCN(CCOCC(=O)OCC)CC2)cc1.O=C(O)COCCN1CCN(CCOc2ccc(C3c4ccc(O)cc4CCN3c3ccccc3)cc2)CC1. The van der Waals surface area contributed by atoms with E-state index in [1.54, 1.807) is 13.0 Å². The number of benzene rings is 6. The molecule has 0 aromatic heterocycles. The number of piperazine rings is 2. The summed E-state index contributed by atoms with van der Waals surface area (Å²) in [5, 5.41) is 18.7. The fraction of sp³-hybridized carbons (Fsp3) is 0.441. The van der Waals surface area contributed by atoms with Crippen LogP contribution in [0.25, 0.3) is 0 Å². The molecule has 2 N–H and O–H groups in total. The summed E-state index contributed by atoms with van der Waals surface area (Å²) < 4.78 is 33.8. The number of phenolic OH excluding ortho intramolecular Hbond substituents is 1. The van der Waals surface area contributed by atoms with E-state index in [9.17, 15) is 14.7 Å². The van der Waals surface area contributed by atoms with Crippen LogP contribution in [0.4, 0.5) is 11.4 Å². The van der Waals surface area contributed by atoms with Gasteiger partial charge in [0.1, 0.15) is 49.4 Å². The van der Waals surface area contributed by atoms with Crippen LogP contribution in [0.2, 0.25) is 0 Å². The molecule has 0 spiro atoms. The second-order valence-corrected chi connectivity index (χ2v) is 21.8. The summed E-state index contributed by atoms with van der Waals surface area (Å²) in [6.07, 6.45) is 4.09. The molecular formula is C68H86N6O10. The van der Waals surface area contributed by atoms with Crippen LogP contribution in [0, 0.1) is 0 Å². The molecule has 16 nitrogen and oxygen atoms in total. The monoisotopic (exact) mass is 1150 g/mol. The Labute approximate surface area is 497 Å². The number of fused-ring (bicyclic) bond motifs is 2. The van der Waals surface area contributed by atoms with Gasteiger partial charge in [0.25, 0.3) is 0 Å². The highest BCUT2D eigenvalue weighted by Gasteiger charge is 2.31. The third-order valence-electron chi connectivity index (χ3n) is 16.2. The molecule has 6 aromatic carbocycles. The van der Waals surface area contributed by atoms with Gasteiger partial charge in [-0.2, -0.15) is 0 Å². The third kappa shape index (κ3) is 17.9. The van der Waals surface area contributed by atoms with Crippen molar-refractivity contribution < 1.29 is 48.2 Å². The summed E-state index contributed by atoms with van der Waals surface area (Å²) in [4.78, 5) is 36.4. The number of phenols is 1. The van der Waals surface area contributed by atoms with E-state index in [1.165, 1.54) is 44.8 Å². The van der Waals surface area contributed by atoms with Gasteiger partial charge >= 0.3 is 11.9 Å². The molecule has 6 aromatic rings. The lowest BCUT2D eigenvalue weighted by atomic mass is 9.87. The molecule has 0 bridgehead atoms. The highest BCUT2D eigenvalue weighted by atomic mass is 16.6. The number of ether oxygens (including phenoxy) is 6. The number of aliphatic carboxylic acids is 1. The van der Waals surface area contributed by atoms with E-state index in [2.05, 4.69) is 164 Å². The first-order valence-corrected chi connectivity index (χ1v) is 30.3. The summed E-state index contributed by atoms with van der Waals surface area (Å²) in [5.41, 5.74) is 10.0. The molecule has 16 heteroatoms. The minimum atomic E-state index is -0.927. The zero-order valence-electron chi connectivity index (χ0n) is 49.2. The molecule has 4 aliphatic rings. The van der Waals surface area contributed by atoms with Crippen molar-refractivity contribution in [3.8, 4) is 23.0 Å². The Bertz CT molecular complexity index is 2920. The standard InChI is InChI=1S/C37H49N3O5.C31H37N3O5/c1-3-5-25-44-34-15-16-35-31(28-34)17-18-40(32-9-7-6-8-10-32)37(35)30-11-13-33(14-12-30)45-27-24-39-21-19-38(20-22-39)23-26-42-29-36(41)43-4-2;35-27-8-11-29-25(22-27)12-13-34(26-4-2-1-3-5-26)31(29)24-6-9-28(10-7-24)39-21-19-33-16-14-32(15-17-33)18-20-38-23-30(36)37/h6-16,28,37H,3-5,17-27,29H2,1-2H3;1-11,22,31,35H,12-21,23H2,(H,36,37). The number of nitrogens with zero attached hydrogens (tertiary/aromatic N) is 6. The maximum atomic E-state index is 11.4. The van der Waals surface area contributed by atoms with Crippen LogP contribution in [-0.2, 0) is 36.6 Å². The normalized spacial score (nSPS) is 17.5. The number of para-hydroxylation sites is 2. The smallest absolute Gasteiger partial charge is 0.332 e. The van der Waals surface area contributed by atoms with Crippen molar-refractivity contribution >= 4 is 23.3 Å². The second-order valence-electron chi connectivity index (χ2n) is 21.8. The Morgan fingerprint density at radius 3 is 1.37 bits per heavy atom. The maximum absolute atomic E-state index is 11.4. The predicted molar refractivity (Wildman–Crippen MR) is 329 cm³/mol. The lowest BCUT2D eigenvalue weighted by Gasteiger charge is -2.39. The number of anilines is 2. The molecule has 2 atom stereocenters. The van der Waals surface area contributed by atoms with Crippen molar-refractivity contribution in [2.45, 2.75) is 51.6 Å². The van der Waals surface area contributed by atoms with Crippen molar-refractivity contribution in [3.05, 3.63) is 179 Å². The summed E-state index contributed by atoms with van der Waals surface area (Å²) in [7, 11) is 0. The average molecular weight is 1150 g/mol. The number of esters is 1. The number of carboxylic acids is 1. The lowest BCUT2D eigenvalue weighted by molar-refractivity contribution is -0.148. The van der Waals surface area contributed by atoms with Crippen molar-refractivity contribution in [2.75, 3.05) is 154 Å². The number of carboxylic acid groups (broad SMARTS) is 1. The summed E-state index contributed by atoms with van der Waals surface area (Å²) in [5.74, 6) is 1.82. The quantitative estimate of drug-likeness (QED) is 0.0373. The highest BCUT2D eigenvalue weighted by molar-refractivity contribution is 5.70. The molecular weight excluding hydrogens is 1060 g/mol. The number of aromatic hydroxyl groups is 1. The highest BCUT2D eigenvalue weighted by Crippen LogP contribution is 2.41. The zero-order valence-corrected chi connectivity index (χ0v) is 49.2. The fourth-order valence-electron chi connectivity index (χ4n) is 11.6. The summed E-state index contributed by atoms with van der Waals surface area (Å²) in [6, 6.07) is 50.9. The van der Waals surface area contributed by atoms with E-state index >= 15 is 0 Å². The van der Waals surface area contributed by atoms with Gasteiger partial charge in [0, 0.05) is 103 Å². The molecule has 0 amide bonds. The van der Waals surface area contributed by atoms with Crippen LogP contribution in [-0.4, -0.2) is 186 Å². The molecule has 2 unspecified atom stereocenters. The Balaban J connectivity index is 0.000000204. The maximum Gasteiger partial charge on any atom is 0.332 e. The molecule has 448 valence electrons. The minimum absolute atomic E-state index is 0.0286. The molecule has 4 heterocycles. The van der Waals surface area contributed by atoms with Crippen LogP contribution in [0.15, 0.2) is 146 Å². The molecule has 0 aliphatic carbocycles. The average Bonchev–Trinajstić information content (AvgIpc) is 2.62. The Kier molecular flexibility index (Phi) is 23.5. The first kappa shape index (κ1) is 61.4. The summed E-state index contributed by atoms with van der Waals surface area (Å²) >= 11 is 0. The predicted octanol–water partition coefficient (Wildman–Crippen LogP) is 9.24. The molecule has 84 heavy (non-hydrogen) atoms. The number of hydrogen-bond donors (Lipinski definition) is 2. The van der Waals surface area contributed by atoms with Gasteiger partial charge in [0.05, 0.1) is 38.5 Å². The topological polar surface area (TPSA) is 149 Å². The minimum Gasteiger partial charge on any atom is -0.508 e. The van der Waals surface area contributed by atoms with Crippen LogP contribution in [0.3, 0.4) is 0 Å². The largest absolute Gasteiger partial charge is 0.508 e. The molecule has 0 radical (unpaired) electrons. The molecule has 10 rings (SSSR count). The zero-order chi connectivity index (χ0) is 58.3. The first-order valence-electron chi connectivity index (χ1n) is 30.3. The molecule has 2 saturated heterocycles. The Hall–Kier alpha value is -7.18. The van der Waals surface area contributed by atoms with E-state index in [4.69, 9.17) is 33.5 Å². The van der Waals surface area contributed by atoms with Crippen LogP contribution >= 0.6 is 0 Å². The Morgan fingerprint density at radius 1 is 0.476 bits per heavy atom. The van der Waals surface area contributed by atoms with Crippen LogP contribution in [0.1, 0.15) is 72.2 Å². The summed E-state index contributed by atoms with van der Waals surface area (Å²) in [6.45, 7) is 20.2. The second kappa shape index (κ2) is 32.2. The fourth-order valence-corrected chi connectivity index (χ4v) is 11.6. The van der Waals surface area contributed by atoms with Gasteiger partial charge in [0.2, 0.25) is 0 Å². The van der Waals surface area contributed by atoms with Crippen molar-refractivity contribution in [2.24, 2.45) is 0 Å². The van der Waals surface area contributed by atoms with E-state index in [0.717, 1.165) is 141 Å². The van der Waals surface area contributed by atoms with Crippen molar-refractivity contribution in [1.82, 2.24) is 19.6 Å². The van der Waals surface area contributed by atoms with Crippen molar-refractivity contribution in [1.29, 1.82) is 0 Å². The third-order valence-corrected chi connectivity index (χ3v) is 16.2. The first-order chi connectivity index (χ1) is 41.2. The van der Waals surface area contributed by atoms with E-state index in [0.29, 0.717) is 38.8 Å². The van der Waals surface area contributed by atoms with Crippen molar-refractivity contribution in [3.63, 3.8) is 0 Å². The lowest BCUT2D eigenvalue weighted by Crippen LogP contribution is -2.48. The van der Waals surface area contributed by atoms with Gasteiger partial charge in [0.15, 0.2) is 0 Å². The van der Waals surface area contributed by atoms with Gasteiger partial charge in [-0.1, -0.05) is 86.1 Å². The van der Waals surface area contributed by atoms with Gasteiger partial charge in [-0.3, -0.25) is 19.6 Å². The molecule has 0 saturated carbocycles. The van der Waals surface area contributed by atoms with E-state index < -0.39 is 5.97 Å². The van der Waals surface area contributed by atoms with Gasteiger partial charge in [-0.05, 0) is 132 Å². The number of carbonyl (C=O) groups excluding carboxylic acids is 1. The Morgan fingerprint density at radius 2 is 0.905 bits per heavy atom. The molecule has 4 aliphatic heterocycles. The number of rotatable bonds is 27. The number of carbonyl (C=O) groups is 2. The van der Waals surface area contributed by atoms with Gasteiger partial charge in [-0.15, -0.1) is 0 Å². The number of hydrogen-bond acceptors (Lipinski definition) is 15. The molecule has 2 fully saturated rings. The van der Waals surface area contributed by atoms with Gasteiger partial charge in [-0.25, -0.2) is 9.59 Å². The van der Waals surface area contributed by atoms with Crippen LogP contribution < -0.4 is 24.0 Å². The van der Waals surface area contributed by atoms with Gasteiger partial charge < -0.3 is 48.4 Å². The van der Waals surface area contributed by atoms with E-state index in [-0.39, 0.29) is 31.3 Å².